The smallest absolute Gasteiger partial charge is 0.256 e. The van der Waals surface area contributed by atoms with Gasteiger partial charge in [-0.2, -0.15) is 0 Å². The normalized spacial score (nSPS) is 19.2. The fourth-order valence-electron chi connectivity index (χ4n) is 2.13. The highest BCUT2D eigenvalue weighted by atomic mass is 19.1. The molecule has 1 heterocycles. The van der Waals surface area contributed by atoms with Gasteiger partial charge in [-0.15, -0.1) is 0 Å². The van der Waals surface area contributed by atoms with Gasteiger partial charge in [-0.05, 0) is 19.1 Å². The lowest BCUT2D eigenvalue weighted by molar-refractivity contribution is 0.0103. The molecule has 1 aliphatic rings. The molecule has 1 N–H and O–H groups in total. The fraction of sp³-hybridized carbons (Fsp3) is 0.500. The standard InChI is InChI=1S/C14H19FN2O2/c1-10-3-4-13(15)12(7-10)14(18)17(2)9-11-8-16-5-6-19-11/h3-4,7,11,16H,5-6,8-9H2,1-2H3. The summed E-state index contributed by atoms with van der Waals surface area (Å²) in [6.07, 6.45) is -0.0319. The van der Waals surface area contributed by atoms with E-state index in [1.807, 2.05) is 6.92 Å². The molecule has 1 aromatic rings. The maximum absolute atomic E-state index is 13.7. The molecule has 0 saturated carbocycles. The van der Waals surface area contributed by atoms with Crippen LogP contribution in [-0.2, 0) is 4.74 Å². The predicted octanol–water partition coefficient (Wildman–Crippen LogP) is 1.19. The molecule has 0 aromatic heterocycles. The van der Waals surface area contributed by atoms with Crippen LogP contribution in [0.1, 0.15) is 15.9 Å². The number of nitrogens with one attached hydrogen (secondary N) is 1. The van der Waals surface area contributed by atoms with E-state index in [0.29, 0.717) is 19.7 Å². The van der Waals surface area contributed by atoms with Crippen molar-refractivity contribution in [2.45, 2.75) is 13.0 Å². The minimum Gasteiger partial charge on any atom is -0.374 e. The van der Waals surface area contributed by atoms with Crippen molar-refractivity contribution in [3.63, 3.8) is 0 Å². The van der Waals surface area contributed by atoms with Crippen molar-refractivity contribution in [1.29, 1.82) is 0 Å². The zero-order valence-corrected chi connectivity index (χ0v) is 11.3. The lowest BCUT2D eigenvalue weighted by atomic mass is 10.1. The van der Waals surface area contributed by atoms with Gasteiger partial charge in [-0.3, -0.25) is 4.79 Å². The summed E-state index contributed by atoms with van der Waals surface area (Å²) in [6.45, 7) is 4.49. The average Bonchev–Trinajstić information content (AvgIpc) is 2.42. The number of ether oxygens (including phenoxy) is 1. The zero-order valence-electron chi connectivity index (χ0n) is 11.3. The third-order valence-electron chi connectivity index (χ3n) is 3.18. The Morgan fingerprint density at radius 1 is 1.58 bits per heavy atom. The Bertz CT molecular complexity index is 459. The predicted molar refractivity (Wildman–Crippen MR) is 70.7 cm³/mol. The summed E-state index contributed by atoms with van der Waals surface area (Å²) in [5, 5.41) is 3.20. The molecule has 4 nitrogen and oxygen atoms in total. The molecule has 1 aliphatic heterocycles. The SMILES string of the molecule is Cc1ccc(F)c(C(=O)N(C)CC2CNCCO2)c1. The van der Waals surface area contributed by atoms with E-state index >= 15 is 0 Å². The first kappa shape index (κ1) is 14.0. The van der Waals surface area contributed by atoms with Crippen LogP contribution in [-0.4, -0.2) is 50.2 Å². The summed E-state index contributed by atoms with van der Waals surface area (Å²) in [5.41, 5.74) is 0.986. The Morgan fingerprint density at radius 2 is 2.37 bits per heavy atom. The molecule has 104 valence electrons. The van der Waals surface area contributed by atoms with Gasteiger partial charge in [0.15, 0.2) is 0 Å². The number of hydrogen-bond donors (Lipinski definition) is 1. The van der Waals surface area contributed by atoms with E-state index in [4.69, 9.17) is 4.74 Å². The lowest BCUT2D eigenvalue weighted by Crippen LogP contribution is -2.45. The van der Waals surface area contributed by atoms with Gasteiger partial charge in [-0.1, -0.05) is 11.6 Å². The van der Waals surface area contributed by atoms with E-state index in [2.05, 4.69) is 5.32 Å². The Balaban J connectivity index is 2.03. The Morgan fingerprint density at radius 3 is 3.05 bits per heavy atom. The van der Waals surface area contributed by atoms with E-state index in [1.165, 1.54) is 11.0 Å². The van der Waals surface area contributed by atoms with Crippen molar-refractivity contribution in [2.75, 3.05) is 33.3 Å². The number of aryl methyl sites for hydroxylation is 1. The van der Waals surface area contributed by atoms with Crippen LogP contribution < -0.4 is 5.32 Å². The van der Waals surface area contributed by atoms with E-state index < -0.39 is 5.82 Å². The Hall–Kier alpha value is -1.46. The maximum Gasteiger partial charge on any atom is 0.256 e. The van der Waals surface area contributed by atoms with Gasteiger partial charge in [-0.25, -0.2) is 4.39 Å². The molecule has 2 rings (SSSR count). The maximum atomic E-state index is 13.7. The van der Waals surface area contributed by atoms with Crippen LogP contribution in [0.5, 0.6) is 0 Å². The summed E-state index contributed by atoms with van der Waals surface area (Å²) in [6, 6.07) is 4.56. The summed E-state index contributed by atoms with van der Waals surface area (Å²) < 4.78 is 19.2. The number of rotatable bonds is 3. The summed E-state index contributed by atoms with van der Waals surface area (Å²) in [5.74, 6) is -0.791. The van der Waals surface area contributed by atoms with Gasteiger partial charge in [0.2, 0.25) is 0 Å². The lowest BCUT2D eigenvalue weighted by Gasteiger charge is -2.28. The number of carbonyl (C=O) groups excluding carboxylic acids is 1. The van der Waals surface area contributed by atoms with Crippen molar-refractivity contribution in [3.05, 3.63) is 35.1 Å². The number of carbonyl (C=O) groups is 1. The van der Waals surface area contributed by atoms with Gasteiger partial charge in [0.25, 0.3) is 5.91 Å². The van der Waals surface area contributed by atoms with Crippen LogP contribution in [0.25, 0.3) is 0 Å². The molecule has 1 unspecified atom stereocenters. The number of halogens is 1. The molecule has 5 heteroatoms. The third-order valence-corrected chi connectivity index (χ3v) is 3.18. The van der Waals surface area contributed by atoms with E-state index in [-0.39, 0.29) is 17.6 Å². The van der Waals surface area contributed by atoms with Gasteiger partial charge in [0.1, 0.15) is 5.82 Å². The molecule has 0 bridgehead atoms. The first-order valence-electron chi connectivity index (χ1n) is 6.42. The Kier molecular flexibility index (Phi) is 4.50. The van der Waals surface area contributed by atoms with Crippen LogP contribution in [0.2, 0.25) is 0 Å². The first-order valence-corrected chi connectivity index (χ1v) is 6.42. The number of amides is 1. The van der Waals surface area contributed by atoms with Crippen LogP contribution in [0.3, 0.4) is 0 Å². The first-order chi connectivity index (χ1) is 9.08. The van der Waals surface area contributed by atoms with Crippen molar-refractivity contribution >= 4 is 5.91 Å². The van der Waals surface area contributed by atoms with Gasteiger partial charge < -0.3 is 15.0 Å². The minimum atomic E-state index is -0.481. The molecule has 0 aliphatic carbocycles. The number of benzene rings is 1. The quantitative estimate of drug-likeness (QED) is 0.893. The number of morpholine rings is 1. The fourth-order valence-corrected chi connectivity index (χ4v) is 2.13. The summed E-state index contributed by atoms with van der Waals surface area (Å²) in [4.78, 5) is 13.7. The van der Waals surface area contributed by atoms with Crippen molar-refractivity contribution < 1.29 is 13.9 Å². The van der Waals surface area contributed by atoms with Crippen LogP contribution in [0.15, 0.2) is 18.2 Å². The van der Waals surface area contributed by atoms with Crippen molar-refractivity contribution in [1.82, 2.24) is 10.2 Å². The highest BCUT2D eigenvalue weighted by Gasteiger charge is 2.21. The van der Waals surface area contributed by atoms with Gasteiger partial charge in [0.05, 0.1) is 18.3 Å². The highest BCUT2D eigenvalue weighted by molar-refractivity contribution is 5.94. The summed E-state index contributed by atoms with van der Waals surface area (Å²) in [7, 11) is 1.67. The number of nitrogens with zero attached hydrogens (tertiary/aromatic N) is 1. The topological polar surface area (TPSA) is 41.6 Å². The van der Waals surface area contributed by atoms with Crippen molar-refractivity contribution in [3.8, 4) is 0 Å². The third kappa shape index (κ3) is 3.52. The van der Waals surface area contributed by atoms with Crippen molar-refractivity contribution in [2.24, 2.45) is 0 Å². The average molecular weight is 266 g/mol. The largest absolute Gasteiger partial charge is 0.374 e. The van der Waals surface area contributed by atoms with E-state index in [9.17, 15) is 9.18 Å². The second-order valence-electron chi connectivity index (χ2n) is 4.87. The van der Waals surface area contributed by atoms with E-state index in [0.717, 1.165) is 12.1 Å². The molecule has 19 heavy (non-hydrogen) atoms. The monoisotopic (exact) mass is 266 g/mol. The minimum absolute atomic E-state index is 0.0319. The molecule has 1 fully saturated rings. The molecular weight excluding hydrogens is 247 g/mol. The van der Waals surface area contributed by atoms with Crippen LogP contribution in [0.4, 0.5) is 4.39 Å². The van der Waals surface area contributed by atoms with Gasteiger partial charge in [0, 0.05) is 26.7 Å². The molecule has 1 saturated heterocycles. The van der Waals surface area contributed by atoms with Gasteiger partial charge >= 0.3 is 0 Å². The van der Waals surface area contributed by atoms with Crippen LogP contribution in [0, 0.1) is 12.7 Å². The second-order valence-corrected chi connectivity index (χ2v) is 4.87. The zero-order chi connectivity index (χ0) is 13.8. The van der Waals surface area contributed by atoms with Crippen LogP contribution >= 0.6 is 0 Å². The summed E-state index contributed by atoms with van der Waals surface area (Å²) >= 11 is 0. The molecule has 1 amide bonds. The van der Waals surface area contributed by atoms with E-state index in [1.54, 1.807) is 19.2 Å². The molecular formula is C14H19FN2O2. The number of likely N-dealkylation sites (N-methyl/N-ethyl adjacent to an activating group) is 1. The molecule has 1 atom stereocenters. The highest BCUT2D eigenvalue weighted by Crippen LogP contribution is 2.13. The second kappa shape index (κ2) is 6.12. The Labute approximate surface area is 112 Å². The molecule has 0 spiro atoms. The molecule has 1 aromatic carbocycles. The molecule has 0 radical (unpaired) electrons. The number of hydrogen-bond acceptors (Lipinski definition) is 3.